The maximum absolute atomic E-state index is 12.8. The lowest BCUT2D eigenvalue weighted by atomic mass is 10.1. The first-order valence-electron chi connectivity index (χ1n) is 25.1. The van der Waals surface area contributed by atoms with Gasteiger partial charge in [-0.2, -0.15) is 0 Å². The fourth-order valence-corrected chi connectivity index (χ4v) is 6.92. The number of rotatable bonds is 45. The van der Waals surface area contributed by atoms with Gasteiger partial charge in [0.1, 0.15) is 13.2 Å². The quantitative estimate of drug-likeness (QED) is 0.0263. The zero-order valence-electron chi connectivity index (χ0n) is 39.0. The minimum absolute atomic E-state index is 0.0853. The molecular formula is C53H94O6. The summed E-state index contributed by atoms with van der Waals surface area (Å²) in [4.78, 5) is 37.9. The number of carbonyl (C=O) groups is 3. The Hall–Kier alpha value is -2.63. The van der Waals surface area contributed by atoms with Gasteiger partial charge in [0, 0.05) is 19.3 Å². The van der Waals surface area contributed by atoms with Crippen molar-refractivity contribution in [2.24, 2.45) is 0 Å². The van der Waals surface area contributed by atoms with Crippen molar-refractivity contribution in [3.63, 3.8) is 0 Å². The molecule has 0 aliphatic carbocycles. The monoisotopic (exact) mass is 827 g/mol. The van der Waals surface area contributed by atoms with E-state index in [1.54, 1.807) is 0 Å². The average molecular weight is 827 g/mol. The molecule has 6 heteroatoms. The van der Waals surface area contributed by atoms with Crippen LogP contribution in [0.1, 0.15) is 252 Å². The molecule has 0 aliphatic heterocycles. The molecule has 0 aliphatic rings. The molecule has 0 aromatic rings. The van der Waals surface area contributed by atoms with Crippen LogP contribution in [-0.2, 0) is 28.6 Å². The summed E-state index contributed by atoms with van der Waals surface area (Å²) in [5, 5.41) is 0. The van der Waals surface area contributed by atoms with Crippen LogP contribution >= 0.6 is 0 Å². The molecule has 0 radical (unpaired) electrons. The second-order valence-electron chi connectivity index (χ2n) is 16.7. The van der Waals surface area contributed by atoms with Gasteiger partial charge in [-0.1, -0.05) is 185 Å². The van der Waals surface area contributed by atoms with Gasteiger partial charge >= 0.3 is 17.9 Å². The van der Waals surface area contributed by atoms with E-state index < -0.39 is 6.10 Å². The van der Waals surface area contributed by atoms with Crippen LogP contribution in [0.5, 0.6) is 0 Å². The summed E-state index contributed by atoms with van der Waals surface area (Å²) in [6, 6.07) is 0. The van der Waals surface area contributed by atoms with Crippen LogP contribution in [0.25, 0.3) is 0 Å². The molecule has 0 amide bonds. The molecule has 0 saturated heterocycles. The topological polar surface area (TPSA) is 78.9 Å². The van der Waals surface area contributed by atoms with Crippen LogP contribution in [0, 0.1) is 0 Å². The first-order valence-corrected chi connectivity index (χ1v) is 25.1. The normalized spacial score (nSPS) is 12.4. The highest BCUT2D eigenvalue weighted by Crippen LogP contribution is 2.14. The zero-order valence-corrected chi connectivity index (χ0v) is 39.0. The van der Waals surface area contributed by atoms with Crippen LogP contribution < -0.4 is 0 Å². The van der Waals surface area contributed by atoms with Gasteiger partial charge in [-0.15, -0.1) is 0 Å². The molecule has 6 nitrogen and oxygen atoms in total. The summed E-state index contributed by atoms with van der Waals surface area (Å²) >= 11 is 0. The third-order valence-corrected chi connectivity index (χ3v) is 10.8. The van der Waals surface area contributed by atoms with E-state index in [0.29, 0.717) is 19.3 Å². The van der Waals surface area contributed by atoms with Crippen LogP contribution in [0.4, 0.5) is 0 Å². The number of hydrogen-bond acceptors (Lipinski definition) is 6. The molecule has 1 atom stereocenters. The molecule has 0 bridgehead atoms. The maximum Gasteiger partial charge on any atom is 0.306 e. The van der Waals surface area contributed by atoms with E-state index in [-0.39, 0.29) is 31.1 Å². The number of unbranched alkanes of at least 4 members (excludes halogenated alkanes) is 26. The van der Waals surface area contributed by atoms with Crippen molar-refractivity contribution in [3.8, 4) is 0 Å². The largest absolute Gasteiger partial charge is 0.462 e. The zero-order chi connectivity index (χ0) is 43.0. The summed E-state index contributed by atoms with van der Waals surface area (Å²) in [5.41, 5.74) is 0. The molecule has 0 rings (SSSR count). The summed E-state index contributed by atoms with van der Waals surface area (Å²) in [7, 11) is 0. The Labute approximate surface area is 365 Å². The Morgan fingerprint density at radius 2 is 0.627 bits per heavy atom. The molecule has 0 fully saturated rings. The highest BCUT2D eigenvalue weighted by atomic mass is 16.6. The van der Waals surface area contributed by atoms with E-state index in [0.717, 1.165) is 96.3 Å². The summed E-state index contributed by atoms with van der Waals surface area (Å²) in [5.74, 6) is -0.913. The van der Waals surface area contributed by atoms with E-state index in [2.05, 4.69) is 69.4 Å². The van der Waals surface area contributed by atoms with Crippen molar-refractivity contribution in [2.75, 3.05) is 13.2 Å². The van der Waals surface area contributed by atoms with Crippen LogP contribution in [-0.4, -0.2) is 37.2 Å². The standard InChI is InChI=1S/C53H94O6/c1-4-7-10-13-16-19-22-25-27-29-31-34-37-40-43-46-52(55)58-49-50(48-57-51(54)45-42-39-36-33-30-24-21-18-15-12-9-6-3)59-53(56)47-44-41-38-35-32-28-26-23-20-17-14-11-8-5-2/h14,17-18,21,23,25-27,50H,4-13,15-16,19-20,22,24,28-49H2,1-3H3/b17-14-,21-18-,26-23-,27-25-/t50-/m1/s1. The number of esters is 3. The van der Waals surface area contributed by atoms with Crippen molar-refractivity contribution < 1.29 is 28.6 Å². The minimum Gasteiger partial charge on any atom is -0.462 e. The van der Waals surface area contributed by atoms with Gasteiger partial charge in [-0.05, 0) is 96.3 Å². The molecule has 0 spiro atoms. The molecule has 59 heavy (non-hydrogen) atoms. The fourth-order valence-electron chi connectivity index (χ4n) is 6.92. The van der Waals surface area contributed by atoms with Gasteiger partial charge in [0.05, 0.1) is 0 Å². The Balaban J connectivity index is 4.41. The van der Waals surface area contributed by atoms with E-state index in [4.69, 9.17) is 14.2 Å². The number of hydrogen-bond donors (Lipinski definition) is 0. The molecular weight excluding hydrogens is 733 g/mol. The first-order chi connectivity index (χ1) is 29.0. The van der Waals surface area contributed by atoms with Gasteiger partial charge in [0.2, 0.25) is 0 Å². The first kappa shape index (κ1) is 56.4. The predicted molar refractivity (Wildman–Crippen MR) is 252 cm³/mol. The summed E-state index contributed by atoms with van der Waals surface area (Å²) in [6.07, 6.45) is 56.6. The second kappa shape index (κ2) is 48.0. The Morgan fingerprint density at radius 1 is 0.339 bits per heavy atom. The van der Waals surface area contributed by atoms with Gasteiger partial charge < -0.3 is 14.2 Å². The van der Waals surface area contributed by atoms with E-state index in [1.807, 2.05) is 0 Å². The molecule has 0 aromatic carbocycles. The molecule has 342 valence electrons. The summed E-state index contributed by atoms with van der Waals surface area (Å²) in [6.45, 7) is 6.54. The van der Waals surface area contributed by atoms with E-state index >= 15 is 0 Å². The van der Waals surface area contributed by atoms with Gasteiger partial charge in [-0.25, -0.2) is 0 Å². The molecule has 0 N–H and O–H groups in total. The SMILES string of the molecule is CCCC/C=C\C/C=C\CCCCCCCC(=O)O[C@H](COC(=O)CCCCCCC/C=C\CCCCC)COC(=O)CCCCCCC/C=C\CCCCCCCC. The predicted octanol–water partition coefficient (Wildman–Crippen LogP) is 16.3. The van der Waals surface area contributed by atoms with E-state index in [9.17, 15) is 14.4 Å². The third-order valence-electron chi connectivity index (χ3n) is 10.8. The van der Waals surface area contributed by atoms with Crippen molar-refractivity contribution in [2.45, 2.75) is 258 Å². The highest BCUT2D eigenvalue weighted by molar-refractivity contribution is 5.71. The van der Waals surface area contributed by atoms with Crippen LogP contribution in [0.2, 0.25) is 0 Å². The fraction of sp³-hybridized carbons (Fsp3) is 0.792. The third kappa shape index (κ3) is 46.3. The second-order valence-corrected chi connectivity index (χ2v) is 16.7. The smallest absolute Gasteiger partial charge is 0.306 e. The van der Waals surface area contributed by atoms with Crippen LogP contribution in [0.15, 0.2) is 48.6 Å². The number of allylic oxidation sites excluding steroid dienone is 8. The minimum atomic E-state index is -0.784. The molecule has 0 aromatic heterocycles. The van der Waals surface area contributed by atoms with Crippen molar-refractivity contribution in [1.82, 2.24) is 0 Å². The van der Waals surface area contributed by atoms with Gasteiger partial charge in [0.25, 0.3) is 0 Å². The lowest BCUT2D eigenvalue weighted by Crippen LogP contribution is -2.30. The number of ether oxygens (including phenoxy) is 3. The Kier molecular flexibility index (Phi) is 45.9. The Morgan fingerprint density at radius 3 is 1.03 bits per heavy atom. The molecule has 0 unspecified atom stereocenters. The van der Waals surface area contributed by atoms with Gasteiger partial charge in [0.15, 0.2) is 6.10 Å². The summed E-state index contributed by atoms with van der Waals surface area (Å²) < 4.78 is 16.7. The van der Waals surface area contributed by atoms with Crippen molar-refractivity contribution in [1.29, 1.82) is 0 Å². The lowest BCUT2D eigenvalue weighted by Gasteiger charge is -2.18. The van der Waals surface area contributed by atoms with E-state index in [1.165, 1.54) is 116 Å². The van der Waals surface area contributed by atoms with Crippen molar-refractivity contribution in [3.05, 3.63) is 48.6 Å². The highest BCUT2D eigenvalue weighted by Gasteiger charge is 2.19. The Bertz CT molecular complexity index is 1040. The number of carbonyl (C=O) groups excluding carboxylic acids is 3. The molecule has 0 saturated carbocycles. The van der Waals surface area contributed by atoms with Gasteiger partial charge in [-0.3, -0.25) is 14.4 Å². The molecule has 0 heterocycles. The van der Waals surface area contributed by atoms with Crippen molar-refractivity contribution >= 4 is 17.9 Å². The van der Waals surface area contributed by atoms with Crippen LogP contribution in [0.3, 0.4) is 0 Å². The average Bonchev–Trinajstić information content (AvgIpc) is 3.23. The lowest BCUT2D eigenvalue weighted by molar-refractivity contribution is -0.167. The maximum atomic E-state index is 12.8.